The van der Waals surface area contributed by atoms with Gasteiger partial charge in [-0.2, -0.15) is 0 Å². The van der Waals surface area contributed by atoms with Crippen LogP contribution in [-0.4, -0.2) is 19.1 Å². The Morgan fingerprint density at radius 2 is 1.41 bits per heavy atom. The summed E-state index contributed by atoms with van der Waals surface area (Å²) in [5.41, 5.74) is 6.27. The van der Waals surface area contributed by atoms with Gasteiger partial charge >= 0.3 is 0 Å². The molecule has 0 saturated carbocycles. The number of pyridine rings is 1. The number of aryl methyl sites for hydroxylation is 2. The molecule has 37 heavy (non-hydrogen) atoms. The molecule has 0 unspecified atom stereocenters. The Balaban J connectivity index is 1.49. The molecule has 184 valence electrons. The Morgan fingerprint density at radius 1 is 0.676 bits per heavy atom. The van der Waals surface area contributed by atoms with Gasteiger partial charge in [-0.05, 0) is 53.6 Å². The van der Waals surface area contributed by atoms with E-state index in [1.807, 2.05) is 82.5 Å². The van der Waals surface area contributed by atoms with Crippen molar-refractivity contribution in [1.82, 2.24) is 19.1 Å². The van der Waals surface area contributed by atoms with E-state index in [-0.39, 0.29) is 0 Å². The fourth-order valence-corrected chi connectivity index (χ4v) is 5.37. The SMILES string of the molecule is Cn1c(-c2cccc(-c3cc4c(C(C)(C)c5ccc(F)cc5F)cccc4n3C)n2)nc2ccccc21. The summed E-state index contributed by atoms with van der Waals surface area (Å²) in [7, 11) is 4.01. The summed E-state index contributed by atoms with van der Waals surface area (Å²) in [5.74, 6) is -0.325. The van der Waals surface area contributed by atoms with Gasteiger partial charge in [-0.1, -0.05) is 50.2 Å². The molecule has 3 aromatic carbocycles. The number of para-hydroxylation sites is 2. The van der Waals surface area contributed by atoms with Gasteiger partial charge in [0.1, 0.15) is 17.3 Å². The second kappa shape index (κ2) is 8.37. The van der Waals surface area contributed by atoms with Crippen LogP contribution in [0.2, 0.25) is 0 Å². The normalized spacial score (nSPS) is 12.1. The van der Waals surface area contributed by atoms with E-state index in [1.165, 1.54) is 12.1 Å². The van der Waals surface area contributed by atoms with Gasteiger partial charge in [-0.3, -0.25) is 0 Å². The summed E-state index contributed by atoms with van der Waals surface area (Å²) in [6.07, 6.45) is 0. The average Bonchev–Trinajstić information content (AvgIpc) is 3.41. The summed E-state index contributed by atoms with van der Waals surface area (Å²) in [5, 5.41) is 1.00. The van der Waals surface area contributed by atoms with E-state index in [0.717, 1.165) is 56.5 Å². The van der Waals surface area contributed by atoms with Crippen LogP contribution < -0.4 is 0 Å². The third-order valence-corrected chi connectivity index (χ3v) is 7.39. The molecule has 0 fully saturated rings. The van der Waals surface area contributed by atoms with Crippen LogP contribution >= 0.6 is 0 Å². The van der Waals surface area contributed by atoms with Gasteiger partial charge in [0.05, 0.1) is 22.4 Å². The summed E-state index contributed by atoms with van der Waals surface area (Å²) in [6, 6.07) is 25.9. The molecule has 0 aliphatic rings. The zero-order valence-electron chi connectivity index (χ0n) is 21.1. The maximum atomic E-state index is 14.8. The molecule has 0 radical (unpaired) electrons. The first-order valence-corrected chi connectivity index (χ1v) is 12.2. The van der Waals surface area contributed by atoms with Crippen LogP contribution in [0.15, 0.2) is 84.9 Å². The van der Waals surface area contributed by atoms with E-state index >= 15 is 0 Å². The number of fused-ring (bicyclic) bond motifs is 2. The zero-order chi connectivity index (χ0) is 25.9. The Hall–Kier alpha value is -4.32. The fourth-order valence-electron chi connectivity index (χ4n) is 5.37. The number of rotatable bonds is 4. The van der Waals surface area contributed by atoms with Gasteiger partial charge in [-0.15, -0.1) is 0 Å². The second-order valence-corrected chi connectivity index (χ2v) is 9.97. The molecule has 0 N–H and O–H groups in total. The molecule has 0 atom stereocenters. The average molecular weight is 493 g/mol. The monoisotopic (exact) mass is 492 g/mol. The molecule has 0 saturated heterocycles. The summed E-state index contributed by atoms with van der Waals surface area (Å²) < 4.78 is 32.6. The van der Waals surface area contributed by atoms with Crippen LogP contribution in [-0.2, 0) is 19.5 Å². The molecule has 0 spiro atoms. The lowest BCUT2D eigenvalue weighted by Gasteiger charge is -2.27. The maximum absolute atomic E-state index is 14.8. The number of imidazole rings is 1. The van der Waals surface area contributed by atoms with Gasteiger partial charge in [0.2, 0.25) is 0 Å². The van der Waals surface area contributed by atoms with Crippen molar-refractivity contribution in [3.8, 4) is 22.9 Å². The number of aromatic nitrogens is 4. The summed E-state index contributed by atoms with van der Waals surface area (Å²) in [4.78, 5) is 9.80. The third-order valence-electron chi connectivity index (χ3n) is 7.39. The van der Waals surface area contributed by atoms with Gasteiger partial charge < -0.3 is 9.13 Å². The van der Waals surface area contributed by atoms with Gasteiger partial charge in [0.15, 0.2) is 5.82 Å². The van der Waals surface area contributed by atoms with Crippen molar-refractivity contribution in [3.63, 3.8) is 0 Å². The molecule has 6 heteroatoms. The standard InChI is InChI=1S/C31H26F2N4/c1-31(2,22-16-15-19(32)17-23(22)33)21-9-7-14-27-20(21)18-29(36(27)3)25-11-8-12-26(34-25)30-35-24-10-5-6-13-28(24)37(30)4/h5-18H,1-4H3. The topological polar surface area (TPSA) is 35.6 Å². The van der Waals surface area contributed by atoms with Crippen molar-refractivity contribution in [2.24, 2.45) is 14.1 Å². The van der Waals surface area contributed by atoms with Crippen LogP contribution in [0.25, 0.3) is 44.8 Å². The molecular formula is C31H26F2N4. The van der Waals surface area contributed by atoms with Gasteiger partial charge in [0.25, 0.3) is 0 Å². The van der Waals surface area contributed by atoms with Crippen molar-refractivity contribution in [2.75, 3.05) is 0 Å². The quantitative estimate of drug-likeness (QED) is 0.257. The molecule has 4 nitrogen and oxygen atoms in total. The van der Waals surface area contributed by atoms with Crippen molar-refractivity contribution in [1.29, 1.82) is 0 Å². The lowest BCUT2D eigenvalue weighted by molar-refractivity contribution is 0.533. The number of hydrogen-bond acceptors (Lipinski definition) is 2. The van der Waals surface area contributed by atoms with Gasteiger partial charge in [-0.25, -0.2) is 18.7 Å². The predicted molar refractivity (Wildman–Crippen MR) is 144 cm³/mol. The minimum atomic E-state index is -0.682. The minimum absolute atomic E-state index is 0.453. The van der Waals surface area contributed by atoms with Crippen LogP contribution in [0.3, 0.4) is 0 Å². The maximum Gasteiger partial charge on any atom is 0.159 e. The Morgan fingerprint density at radius 3 is 2.19 bits per heavy atom. The van der Waals surface area contributed by atoms with Crippen molar-refractivity contribution in [3.05, 3.63) is 108 Å². The lowest BCUT2D eigenvalue weighted by atomic mass is 9.76. The molecule has 6 aromatic rings. The molecule has 0 aliphatic heterocycles. The van der Waals surface area contributed by atoms with E-state index in [0.29, 0.717) is 5.56 Å². The molecule has 0 bridgehead atoms. The Bertz CT molecular complexity index is 1810. The van der Waals surface area contributed by atoms with Gasteiger partial charge in [0, 0.05) is 36.5 Å². The van der Waals surface area contributed by atoms with Crippen LogP contribution in [0.1, 0.15) is 25.0 Å². The highest BCUT2D eigenvalue weighted by molar-refractivity contribution is 5.90. The molecular weight excluding hydrogens is 466 g/mol. The number of hydrogen-bond donors (Lipinski definition) is 0. The van der Waals surface area contributed by atoms with Crippen LogP contribution in [0.4, 0.5) is 8.78 Å². The number of nitrogens with zero attached hydrogens (tertiary/aromatic N) is 4. The minimum Gasteiger partial charge on any atom is -0.342 e. The van der Waals surface area contributed by atoms with Crippen LogP contribution in [0.5, 0.6) is 0 Å². The zero-order valence-corrected chi connectivity index (χ0v) is 21.1. The first-order valence-electron chi connectivity index (χ1n) is 12.2. The highest BCUT2D eigenvalue weighted by atomic mass is 19.1. The first-order chi connectivity index (χ1) is 17.8. The molecule has 0 aliphatic carbocycles. The molecule has 3 heterocycles. The summed E-state index contributed by atoms with van der Waals surface area (Å²) in [6.45, 7) is 3.94. The first kappa shape index (κ1) is 23.1. The van der Waals surface area contributed by atoms with E-state index in [4.69, 9.17) is 9.97 Å². The lowest BCUT2D eigenvalue weighted by Crippen LogP contribution is -2.21. The number of benzene rings is 3. The third kappa shape index (κ3) is 3.63. The van der Waals surface area contributed by atoms with E-state index in [2.05, 4.69) is 21.3 Å². The highest BCUT2D eigenvalue weighted by Gasteiger charge is 2.29. The number of halogens is 2. The predicted octanol–water partition coefficient (Wildman–Crippen LogP) is 7.40. The van der Waals surface area contributed by atoms with E-state index in [1.54, 1.807) is 0 Å². The Kier molecular flexibility index (Phi) is 5.23. The fraction of sp³-hybridized carbons (Fsp3) is 0.161. The smallest absolute Gasteiger partial charge is 0.159 e. The molecule has 3 aromatic heterocycles. The highest BCUT2D eigenvalue weighted by Crippen LogP contribution is 2.39. The van der Waals surface area contributed by atoms with Crippen LogP contribution in [0, 0.1) is 11.6 Å². The van der Waals surface area contributed by atoms with E-state index in [9.17, 15) is 8.78 Å². The van der Waals surface area contributed by atoms with E-state index < -0.39 is 17.0 Å². The molecule has 0 amide bonds. The van der Waals surface area contributed by atoms with Crippen molar-refractivity contribution < 1.29 is 8.78 Å². The second-order valence-electron chi connectivity index (χ2n) is 9.97. The molecule has 6 rings (SSSR count). The summed E-state index contributed by atoms with van der Waals surface area (Å²) >= 11 is 0. The Labute approximate surface area is 213 Å². The largest absolute Gasteiger partial charge is 0.342 e. The van der Waals surface area contributed by atoms with Crippen molar-refractivity contribution in [2.45, 2.75) is 19.3 Å². The van der Waals surface area contributed by atoms with Crippen molar-refractivity contribution >= 4 is 21.9 Å².